The number of hydrogen-bond donors (Lipinski definition) is 1. The van der Waals surface area contributed by atoms with Crippen molar-refractivity contribution in [2.45, 2.75) is 46.6 Å². The van der Waals surface area contributed by atoms with Crippen molar-refractivity contribution in [2.24, 2.45) is 0 Å². The average Bonchev–Trinajstić information content (AvgIpc) is 2.69. The number of ether oxygens (including phenoxy) is 1. The van der Waals surface area contributed by atoms with Crippen molar-refractivity contribution in [3.8, 4) is 5.75 Å². The number of amides is 2. The Balaban J connectivity index is 1.46. The van der Waals surface area contributed by atoms with Gasteiger partial charge >= 0.3 is 0 Å². The first-order chi connectivity index (χ1) is 13.8. The highest BCUT2D eigenvalue weighted by molar-refractivity contribution is 5.94. The third kappa shape index (κ3) is 5.37. The lowest BCUT2D eigenvalue weighted by Gasteiger charge is -2.32. The minimum atomic E-state index is -0.0453. The fraction of sp³-hybridized carbons (Fsp3) is 0.417. The molecule has 1 saturated heterocycles. The Labute approximate surface area is 173 Å². The number of benzene rings is 2. The first kappa shape index (κ1) is 20.9. The predicted octanol–water partition coefficient (Wildman–Crippen LogP) is 3.72. The van der Waals surface area contributed by atoms with E-state index in [0.717, 1.165) is 29.7 Å². The summed E-state index contributed by atoms with van der Waals surface area (Å²) in [5.74, 6) is 0.694. The van der Waals surface area contributed by atoms with Crippen LogP contribution in [0.5, 0.6) is 5.75 Å². The van der Waals surface area contributed by atoms with Crippen molar-refractivity contribution in [1.82, 2.24) is 10.2 Å². The number of likely N-dealkylation sites (tertiary alicyclic amines) is 1. The number of carbonyl (C=O) groups excluding carboxylic acids is 2. The summed E-state index contributed by atoms with van der Waals surface area (Å²) in [4.78, 5) is 26.8. The van der Waals surface area contributed by atoms with Gasteiger partial charge in [-0.1, -0.05) is 23.8 Å². The van der Waals surface area contributed by atoms with Gasteiger partial charge in [-0.15, -0.1) is 0 Å². The van der Waals surface area contributed by atoms with Crippen LogP contribution in [0.1, 0.15) is 45.5 Å². The monoisotopic (exact) mass is 394 g/mol. The van der Waals surface area contributed by atoms with Gasteiger partial charge in [0.05, 0.1) is 0 Å². The summed E-state index contributed by atoms with van der Waals surface area (Å²) in [6, 6.07) is 11.8. The molecule has 2 aromatic rings. The highest BCUT2D eigenvalue weighted by Gasteiger charge is 2.24. The highest BCUT2D eigenvalue weighted by atomic mass is 16.5. The molecule has 29 heavy (non-hydrogen) atoms. The minimum absolute atomic E-state index is 0.0103. The van der Waals surface area contributed by atoms with E-state index in [9.17, 15) is 9.59 Å². The molecule has 0 unspecified atom stereocenters. The van der Waals surface area contributed by atoms with E-state index in [1.807, 2.05) is 69.0 Å². The van der Waals surface area contributed by atoms with Crippen molar-refractivity contribution in [1.29, 1.82) is 0 Å². The van der Waals surface area contributed by atoms with E-state index in [4.69, 9.17) is 4.74 Å². The molecule has 3 rings (SSSR count). The van der Waals surface area contributed by atoms with Gasteiger partial charge in [-0.3, -0.25) is 9.59 Å². The minimum Gasteiger partial charge on any atom is -0.484 e. The summed E-state index contributed by atoms with van der Waals surface area (Å²) in [6.45, 7) is 9.37. The molecule has 0 spiro atoms. The van der Waals surface area contributed by atoms with Crippen LogP contribution in [0.2, 0.25) is 0 Å². The van der Waals surface area contributed by atoms with Gasteiger partial charge < -0.3 is 15.0 Å². The van der Waals surface area contributed by atoms with Crippen LogP contribution in [0, 0.1) is 27.7 Å². The topological polar surface area (TPSA) is 58.6 Å². The van der Waals surface area contributed by atoms with Crippen molar-refractivity contribution in [3.63, 3.8) is 0 Å². The molecule has 0 radical (unpaired) electrons. The lowest BCUT2D eigenvalue weighted by Crippen LogP contribution is -2.47. The molecule has 1 aliphatic heterocycles. The van der Waals surface area contributed by atoms with Gasteiger partial charge in [0.2, 0.25) is 0 Å². The maximum Gasteiger partial charge on any atom is 0.260 e. The van der Waals surface area contributed by atoms with Crippen LogP contribution in [0.25, 0.3) is 0 Å². The normalized spacial score (nSPS) is 14.6. The third-order valence-corrected chi connectivity index (χ3v) is 5.63. The zero-order chi connectivity index (χ0) is 21.0. The van der Waals surface area contributed by atoms with Crippen LogP contribution in [-0.2, 0) is 4.79 Å². The molecule has 5 heteroatoms. The smallest absolute Gasteiger partial charge is 0.260 e. The van der Waals surface area contributed by atoms with Gasteiger partial charge in [0, 0.05) is 24.7 Å². The van der Waals surface area contributed by atoms with Gasteiger partial charge in [-0.25, -0.2) is 0 Å². The van der Waals surface area contributed by atoms with Crippen molar-refractivity contribution >= 4 is 11.8 Å². The molecule has 1 aliphatic rings. The number of carbonyl (C=O) groups is 2. The highest BCUT2D eigenvalue weighted by Crippen LogP contribution is 2.19. The first-order valence-electron chi connectivity index (χ1n) is 10.2. The maximum atomic E-state index is 12.5. The Kier molecular flexibility index (Phi) is 6.57. The van der Waals surface area contributed by atoms with Crippen molar-refractivity contribution < 1.29 is 14.3 Å². The maximum absolute atomic E-state index is 12.5. The molecular weight excluding hydrogens is 364 g/mol. The van der Waals surface area contributed by atoms with E-state index in [1.165, 1.54) is 11.1 Å². The second kappa shape index (κ2) is 9.12. The first-order valence-corrected chi connectivity index (χ1v) is 10.2. The summed E-state index contributed by atoms with van der Waals surface area (Å²) in [5, 5.41) is 3.10. The number of aryl methyl sites for hydroxylation is 4. The van der Waals surface area contributed by atoms with Crippen LogP contribution in [0.4, 0.5) is 0 Å². The SMILES string of the molecule is Cc1ccc(OCC(=O)N2CCC(NC(=O)c3ccc(C)c(C)c3)CC2)c(C)c1. The standard InChI is InChI=1S/C24H30N2O3/c1-16-5-8-22(19(4)13-16)29-15-23(27)26-11-9-21(10-12-26)25-24(28)20-7-6-17(2)18(3)14-20/h5-8,13-14,21H,9-12,15H2,1-4H3,(H,25,28). The Morgan fingerprint density at radius 2 is 1.69 bits per heavy atom. The molecule has 2 amide bonds. The molecule has 0 aliphatic carbocycles. The van der Waals surface area contributed by atoms with E-state index in [1.54, 1.807) is 0 Å². The number of hydrogen-bond acceptors (Lipinski definition) is 3. The van der Waals surface area contributed by atoms with Gasteiger partial charge in [0.15, 0.2) is 6.61 Å². The van der Waals surface area contributed by atoms with Crippen molar-refractivity contribution in [3.05, 3.63) is 64.2 Å². The number of nitrogens with zero attached hydrogens (tertiary/aromatic N) is 1. The average molecular weight is 395 g/mol. The Bertz CT molecular complexity index is 899. The molecular formula is C24H30N2O3. The molecule has 0 aromatic heterocycles. The van der Waals surface area contributed by atoms with E-state index in [2.05, 4.69) is 5.32 Å². The number of piperidine rings is 1. The molecule has 0 atom stereocenters. The largest absolute Gasteiger partial charge is 0.484 e. The Hall–Kier alpha value is -2.82. The second-order valence-electron chi connectivity index (χ2n) is 7.99. The summed E-state index contributed by atoms with van der Waals surface area (Å²) >= 11 is 0. The van der Waals surface area contributed by atoms with Crippen LogP contribution in [-0.4, -0.2) is 42.5 Å². The molecule has 2 aromatic carbocycles. The fourth-order valence-electron chi connectivity index (χ4n) is 3.62. The zero-order valence-electron chi connectivity index (χ0n) is 17.7. The van der Waals surface area contributed by atoms with E-state index in [0.29, 0.717) is 18.7 Å². The molecule has 154 valence electrons. The van der Waals surface area contributed by atoms with Gasteiger partial charge in [0.25, 0.3) is 11.8 Å². The second-order valence-corrected chi connectivity index (χ2v) is 7.99. The number of rotatable bonds is 5. The molecule has 0 saturated carbocycles. The lowest BCUT2D eigenvalue weighted by atomic mass is 10.0. The molecule has 1 heterocycles. The quantitative estimate of drug-likeness (QED) is 0.841. The summed E-state index contributed by atoms with van der Waals surface area (Å²) in [7, 11) is 0. The third-order valence-electron chi connectivity index (χ3n) is 5.63. The van der Waals surface area contributed by atoms with E-state index < -0.39 is 0 Å². The van der Waals surface area contributed by atoms with Crippen molar-refractivity contribution in [2.75, 3.05) is 19.7 Å². The van der Waals surface area contributed by atoms with Crippen LogP contribution < -0.4 is 10.1 Å². The fourth-order valence-corrected chi connectivity index (χ4v) is 3.62. The lowest BCUT2D eigenvalue weighted by molar-refractivity contribution is -0.134. The molecule has 1 fully saturated rings. The van der Waals surface area contributed by atoms with Gasteiger partial charge in [-0.2, -0.15) is 0 Å². The molecule has 0 bridgehead atoms. The van der Waals surface area contributed by atoms with Gasteiger partial charge in [-0.05, 0) is 75.4 Å². The Morgan fingerprint density at radius 3 is 2.34 bits per heavy atom. The van der Waals surface area contributed by atoms with E-state index in [-0.39, 0.29) is 24.5 Å². The summed E-state index contributed by atoms with van der Waals surface area (Å²) < 4.78 is 5.72. The summed E-state index contributed by atoms with van der Waals surface area (Å²) in [6.07, 6.45) is 1.51. The predicted molar refractivity (Wildman–Crippen MR) is 114 cm³/mol. The van der Waals surface area contributed by atoms with Crippen LogP contribution in [0.3, 0.4) is 0 Å². The molecule has 5 nitrogen and oxygen atoms in total. The molecule has 1 N–H and O–H groups in total. The van der Waals surface area contributed by atoms with Crippen LogP contribution >= 0.6 is 0 Å². The number of nitrogens with one attached hydrogen (secondary N) is 1. The Morgan fingerprint density at radius 1 is 0.966 bits per heavy atom. The zero-order valence-corrected chi connectivity index (χ0v) is 17.7. The van der Waals surface area contributed by atoms with Crippen LogP contribution in [0.15, 0.2) is 36.4 Å². The van der Waals surface area contributed by atoms with Gasteiger partial charge in [0.1, 0.15) is 5.75 Å². The summed E-state index contributed by atoms with van der Waals surface area (Å²) in [5.41, 5.74) is 5.18. The van der Waals surface area contributed by atoms with E-state index >= 15 is 0 Å².